The number of nitro benzene ring substituents is 1. The van der Waals surface area contributed by atoms with Crippen LogP contribution in [0.1, 0.15) is 26.3 Å². The predicted octanol–water partition coefficient (Wildman–Crippen LogP) is 2.13. The summed E-state index contributed by atoms with van der Waals surface area (Å²) in [5, 5.41) is 22.7. The smallest absolute Gasteiger partial charge is 0.408 e. The van der Waals surface area contributed by atoms with E-state index in [1.54, 1.807) is 20.8 Å². The molecule has 0 aliphatic carbocycles. The molecule has 0 saturated heterocycles. The van der Waals surface area contributed by atoms with E-state index in [2.05, 4.69) is 5.32 Å². The summed E-state index contributed by atoms with van der Waals surface area (Å²) < 4.78 is 15.3. The highest BCUT2D eigenvalue weighted by molar-refractivity contribution is 5.80. The molecule has 10 nitrogen and oxygen atoms in total. The van der Waals surface area contributed by atoms with Gasteiger partial charge in [-0.15, -0.1) is 0 Å². The molecule has 1 unspecified atom stereocenters. The van der Waals surface area contributed by atoms with Crippen molar-refractivity contribution in [2.75, 3.05) is 14.2 Å². The molecule has 144 valence electrons. The fourth-order valence-corrected chi connectivity index (χ4v) is 2.15. The Labute approximate surface area is 150 Å². The Balaban J connectivity index is 3.18. The number of carbonyl (C=O) groups excluding carboxylic acids is 1. The van der Waals surface area contributed by atoms with Crippen LogP contribution >= 0.6 is 0 Å². The summed E-state index contributed by atoms with van der Waals surface area (Å²) in [5.41, 5.74) is -0.902. The molecule has 0 saturated carbocycles. The summed E-state index contributed by atoms with van der Waals surface area (Å²) in [6.45, 7) is 4.91. The monoisotopic (exact) mass is 370 g/mol. The number of nitro groups is 1. The molecule has 0 heterocycles. The lowest BCUT2D eigenvalue weighted by molar-refractivity contribution is -0.385. The van der Waals surface area contributed by atoms with E-state index in [0.717, 1.165) is 0 Å². The molecule has 2 N–H and O–H groups in total. The van der Waals surface area contributed by atoms with Gasteiger partial charge in [0.1, 0.15) is 11.6 Å². The van der Waals surface area contributed by atoms with Gasteiger partial charge in [0.2, 0.25) is 0 Å². The Bertz CT molecular complexity index is 696. The predicted molar refractivity (Wildman–Crippen MR) is 90.7 cm³/mol. The first kappa shape index (κ1) is 21.0. The molecule has 1 atom stereocenters. The first-order valence-corrected chi connectivity index (χ1v) is 7.60. The lowest BCUT2D eigenvalue weighted by Crippen LogP contribution is -2.44. The summed E-state index contributed by atoms with van der Waals surface area (Å²) in [6, 6.07) is 0.957. The van der Waals surface area contributed by atoms with Gasteiger partial charge in [0.05, 0.1) is 25.2 Å². The molecule has 1 aromatic rings. The van der Waals surface area contributed by atoms with E-state index in [1.807, 2.05) is 0 Å². The molecule has 0 radical (unpaired) electrons. The van der Waals surface area contributed by atoms with E-state index in [9.17, 15) is 24.8 Å². The molecule has 1 aromatic carbocycles. The fourth-order valence-electron chi connectivity index (χ4n) is 2.15. The lowest BCUT2D eigenvalue weighted by Gasteiger charge is -2.22. The van der Waals surface area contributed by atoms with Crippen molar-refractivity contribution < 1.29 is 33.8 Å². The van der Waals surface area contributed by atoms with Crippen molar-refractivity contribution >= 4 is 17.7 Å². The first-order chi connectivity index (χ1) is 12.0. The number of nitrogens with zero attached hydrogens (tertiary/aromatic N) is 1. The van der Waals surface area contributed by atoms with Gasteiger partial charge >= 0.3 is 12.1 Å². The highest BCUT2D eigenvalue weighted by Crippen LogP contribution is 2.36. The van der Waals surface area contributed by atoms with Gasteiger partial charge in [-0.05, 0) is 20.8 Å². The van der Waals surface area contributed by atoms with Gasteiger partial charge in [0.15, 0.2) is 11.5 Å². The molecular formula is C16H22N2O8. The normalized spacial score (nSPS) is 12.0. The van der Waals surface area contributed by atoms with Crippen molar-refractivity contribution in [2.45, 2.75) is 38.8 Å². The zero-order valence-corrected chi connectivity index (χ0v) is 15.2. The highest BCUT2D eigenvalue weighted by Gasteiger charge is 2.27. The minimum Gasteiger partial charge on any atom is -0.493 e. The second-order valence-corrected chi connectivity index (χ2v) is 6.34. The number of aliphatic carboxylic acids is 1. The van der Waals surface area contributed by atoms with Gasteiger partial charge in [-0.3, -0.25) is 10.1 Å². The molecule has 26 heavy (non-hydrogen) atoms. The third kappa shape index (κ3) is 5.80. The van der Waals surface area contributed by atoms with Crippen LogP contribution in [0.4, 0.5) is 10.5 Å². The van der Waals surface area contributed by atoms with Crippen LogP contribution in [-0.4, -0.2) is 48.0 Å². The van der Waals surface area contributed by atoms with E-state index >= 15 is 0 Å². The standard InChI is InChI=1S/C16H22N2O8/c1-16(2,3)26-15(21)17-11(14(19)20)7-9-6-10(18(22)23)8-12(24-4)13(9)25-5/h6,8,11H,7H2,1-5H3,(H,17,21)(H,19,20). The lowest BCUT2D eigenvalue weighted by atomic mass is 10.0. The number of rotatable bonds is 7. The third-order valence-corrected chi connectivity index (χ3v) is 3.16. The first-order valence-electron chi connectivity index (χ1n) is 7.60. The number of nitrogens with one attached hydrogen (secondary N) is 1. The van der Waals surface area contributed by atoms with Crippen LogP contribution in [0, 0.1) is 10.1 Å². The van der Waals surface area contributed by atoms with Crippen molar-refractivity contribution in [1.29, 1.82) is 0 Å². The minimum absolute atomic E-state index is 0.0816. The second kappa shape index (κ2) is 8.37. The Morgan fingerprint density at radius 2 is 1.88 bits per heavy atom. The maximum atomic E-state index is 11.9. The van der Waals surface area contributed by atoms with Crippen LogP contribution in [0.2, 0.25) is 0 Å². The minimum atomic E-state index is -1.38. The van der Waals surface area contributed by atoms with Gasteiger partial charge in [0.25, 0.3) is 5.69 Å². The highest BCUT2D eigenvalue weighted by atomic mass is 16.6. The molecule has 0 fully saturated rings. The molecular weight excluding hydrogens is 348 g/mol. The van der Waals surface area contributed by atoms with E-state index in [-0.39, 0.29) is 29.2 Å². The van der Waals surface area contributed by atoms with Gasteiger partial charge in [0, 0.05) is 18.1 Å². The van der Waals surface area contributed by atoms with E-state index in [4.69, 9.17) is 14.2 Å². The number of ether oxygens (including phenoxy) is 3. The Hall–Kier alpha value is -3.04. The van der Waals surface area contributed by atoms with Crippen LogP contribution in [0.3, 0.4) is 0 Å². The topological polar surface area (TPSA) is 137 Å². The van der Waals surface area contributed by atoms with Gasteiger partial charge in [-0.1, -0.05) is 0 Å². The molecule has 0 aliphatic rings. The van der Waals surface area contributed by atoms with Crippen molar-refractivity contribution in [1.82, 2.24) is 5.32 Å². The number of amides is 1. The number of hydrogen-bond donors (Lipinski definition) is 2. The second-order valence-electron chi connectivity index (χ2n) is 6.34. The van der Waals surface area contributed by atoms with Gasteiger partial charge in [-0.2, -0.15) is 0 Å². The van der Waals surface area contributed by atoms with Crippen molar-refractivity contribution in [3.8, 4) is 11.5 Å². The number of benzene rings is 1. The number of alkyl carbamates (subject to hydrolysis) is 1. The molecule has 0 spiro atoms. The summed E-state index contributed by atoms with van der Waals surface area (Å²) in [7, 11) is 2.63. The Morgan fingerprint density at radius 3 is 2.31 bits per heavy atom. The number of carboxylic acids is 1. The van der Waals surface area contributed by atoms with Crippen molar-refractivity contribution in [3.05, 3.63) is 27.8 Å². The molecule has 1 amide bonds. The maximum Gasteiger partial charge on any atom is 0.408 e. The largest absolute Gasteiger partial charge is 0.493 e. The molecule has 1 rings (SSSR count). The Morgan fingerprint density at radius 1 is 1.27 bits per heavy atom. The summed E-state index contributed by atoms with van der Waals surface area (Å²) >= 11 is 0. The maximum absolute atomic E-state index is 11.9. The molecule has 0 aromatic heterocycles. The van der Waals surface area contributed by atoms with Crippen LogP contribution in [0.5, 0.6) is 11.5 Å². The summed E-state index contributed by atoms with van der Waals surface area (Å²) in [5.74, 6) is -1.10. The van der Waals surface area contributed by atoms with Crippen molar-refractivity contribution in [3.63, 3.8) is 0 Å². The quantitative estimate of drug-likeness (QED) is 0.550. The zero-order chi connectivity index (χ0) is 20.1. The fraction of sp³-hybridized carbons (Fsp3) is 0.500. The number of hydrogen-bond acceptors (Lipinski definition) is 7. The van der Waals surface area contributed by atoms with Gasteiger partial charge < -0.3 is 24.6 Å². The van der Waals surface area contributed by atoms with Crippen LogP contribution in [-0.2, 0) is 16.0 Å². The van der Waals surface area contributed by atoms with E-state index in [0.29, 0.717) is 0 Å². The Kier molecular flexibility index (Phi) is 6.76. The molecule has 0 aliphatic heterocycles. The van der Waals surface area contributed by atoms with E-state index < -0.39 is 28.6 Å². The third-order valence-electron chi connectivity index (χ3n) is 3.16. The summed E-state index contributed by atoms with van der Waals surface area (Å²) in [4.78, 5) is 33.8. The number of non-ortho nitro benzene ring substituents is 1. The van der Waals surface area contributed by atoms with Crippen LogP contribution < -0.4 is 14.8 Å². The zero-order valence-electron chi connectivity index (χ0n) is 15.2. The van der Waals surface area contributed by atoms with Gasteiger partial charge in [-0.25, -0.2) is 9.59 Å². The molecule has 0 bridgehead atoms. The molecule has 10 heteroatoms. The average Bonchev–Trinajstić information content (AvgIpc) is 2.51. The van der Waals surface area contributed by atoms with Crippen LogP contribution in [0.25, 0.3) is 0 Å². The van der Waals surface area contributed by atoms with Crippen molar-refractivity contribution in [2.24, 2.45) is 0 Å². The number of carboxylic acid groups (broad SMARTS) is 1. The summed E-state index contributed by atoms with van der Waals surface area (Å²) in [6.07, 6.45) is -1.18. The number of carbonyl (C=O) groups is 2. The SMILES string of the molecule is COc1cc([N+](=O)[O-])cc(CC(NC(=O)OC(C)(C)C)C(=O)O)c1OC. The van der Waals surface area contributed by atoms with E-state index in [1.165, 1.54) is 26.4 Å². The van der Waals surface area contributed by atoms with Crippen LogP contribution in [0.15, 0.2) is 12.1 Å². The average molecular weight is 370 g/mol. The number of methoxy groups -OCH3 is 2.